The fourth-order valence-electron chi connectivity index (χ4n) is 1.65. The predicted molar refractivity (Wildman–Crippen MR) is 81.0 cm³/mol. The molecule has 20 heavy (non-hydrogen) atoms. The van der Waals surface area contributed by atoms with Crippen LogP contribution < -0.4 is 4.74 Å². The zero-order valence-electron chi connectivity index (χ0n) is 10.3. The summed E-state index contributed by atoms with van der Waals surface area (Å²) >= 11 is 6.80. The number of aliphatic hydroxyl groups excluding tert-OH is 1. The standard InChI is InChI=1S/C14H10Br2N2O2/c15-11-4-9(7-19)5-12(16)14(11)20-8-10-2-1-3-18-13(10)6-17/h1-5,19H,7-8H2. The summed E-state index contributed by atoms with van der Waals surface area (Å²) in [6, 6.07) is 9.17. The predicted octanol–water partition coefficient (Wildman–Crippen LogP) is 3.55. The van der Waals surface area contributed by atoms with Crippen molar-refractivity contribution in [2.24, 2.45) is 0 Å². The number of pyridine rings is 1. The van der Waals surface area contributed by atoms with Crippen LogP contribution in [0.4, 0.5) is 0 Å². The smallest absolute Gasteiger partial charge is 0.148 e. The molecule has 0 spiro atoms. The molecule has 6 heteroatoms. The Bertz CT molecular complexity index is 645. The molecule has 0 aliphatic carbocycles. The van der Waals surface area contributed by atoms with Crippen LogP contribution in [0.3, 0.4) is 0 Å². The van der Waals surface area contributed by atoms with Crippen LogP contribution in [0, 0.1) is 11.3 Å². The first-order valence-electron chi connectivity index (χ1n) is 5.71. The minimum absolute atomic E-state index is 0.0430. The molecule has 0 fully saturated rings. The van der Waals surface area contributed by atoms with Gasteiger partial charge in [-0.15, -0.1) is 0 Å². The van der Waals surface area contributed by atoms with Gasteiger partial charge in [0.2, 0.25) is 0 Å². The van der Waals surface area contributed by atoms with E-state index in [0.717, 1.165) is 20.1 Å². The molecule has 0 radical (unpaired) electrons. The van der Waals surface area contributed by atoms with Crippen molar-refractivity contribution in [1.29, 1.82) is 5.26 Å². The summed E-state index contributed by atoms with van der Waals surface area (Å²) in [6.07, 6.45) is 1.57. The molecule has 2 rings (SSSR count). The maximum absolute atomic E-state index is 9.13. The van der Waals surface area contributed by atoms with Crippen LogP contribution in [0.5, 0.6) is 5.75 Å². The van der Waals surface area contributed by atoms with Gasteiger partial charge in [0.15, 0.2) is 0 Å². The van der Waals surface area contributed by atoms with Crippen LogP contribution in [0.1, 0.15) is 16.8 Å². The van der Waals surface area contributed by atoms with Gasteiger partial charge in [0, 0.05) is 11.8 Å². The zero-order valence-corrected chi connectivity index (χ0v) is 13.5. The van der Waals surface area contributed by atoms with Crippen molar-refractivity contribution in [2.45, 2.75) is 13.2 Å². The van der Waals surface area contributed by atoms with E-state index in [1.54, 1.807) is 30.5 Å². The lowest BCUT2D eigenvalue weighted by molar-refractivity contribution is 0.280. The molecule has 1 aromatic heterocycles. The molecule has 102 valence electrons. The summed E-state index contributed by atoms with van der Waals surface area (Å²) in [5.41, 5.74) is 1.85. The van der Waals surface area contributed by atoms with E-state index in [0.29, 0.717) is 11.4 Å². The first-order chi connectivity index (χ1) is 9.65. The fraction of sp³-hybridized carbons (Fsp3) is 0.143. The number of benzene rings is 1. The topological polar surface area (TPSA) is 66.1 Å². The zero-order chi connectivity index (χ0) is 14.5. The summed E-state index contributed by atoms with van der Waals surface area (Å²) in [7, 11) is 0. The van der Waals surface area contributed by atoms with Gasteiger partial charge >= 0.3 is 0 Å². The third-order valence-corrected chi connectivity index (χ3v) is 3.79. The monoisotopic (exact) mass is 396 g/mol. The Labute approximate surface area is 133 Å². The Morgan fingerprint density at radius 3 is 2.60 bits per heavy atom. The Kier molecular flexibility index (Phi) is 5.12. The fourth-order valence-corrected chi connectivity index (χ4v) is 3.16. The lowest BCUT2D eigenvalue weighted by Crippen LogP contribution is -2.01. The molecule has 1 aromatic carbocycles. The van der Waals surface area contributed by atoms with E-state index in [1.807, 2.05) is 6.07 Å². The SMILES string of the molecule is N#Cc1ncccc1COc1c(Br)cc(CO)cc1Br. The summed E-state index contributed by atoms with van der Waals surface area (Å²) in [5, 5.41) is 18.1. The molecular weight excluding hydrogens is 388 g/mol. The molecule has 0 saturated heterocycles. The number of hydrogen-bond donors (Lipinski definition) is 1. The molecular formula is C14H10Br2N2O2. The lowest BCUT2D eigenvalue weighted by Gasteiger charge is -2.12. The van der Waals surface area contributed by atoms with Crippen molar-refractivity contribution in [3.63, 3.8) is 0 Å². The van der Waals surface area contributed by atoms with Gasteiger partial charge in [0.05, 0.1) is 15.6 Å². The van der Waals surface area contributed by atoms with E-state index < -0.39 is 0 Å². The van der Waals surface area contributed by atoms with Crippen LogP contribution in [0.2, 0.25) is 0 Å². The second kappa shape index (κ2) is 6.84. The number of halogens is 2. The molecule has 4 nitrogen and oxygen atoms in total. The molecule has 0 unspecified atom stereocenters. The average Bonchev–Trinajstić information content (AvgIpc) is 2.46. The first-order valence-corrected chi connectivity index (χ1v) is 7.30. The van der Waals surface area contributed by atoms with Crippen molar-refractivity contribution < 1.29 is 9.84 Å². The summed E-state index contributed by atoms with van der Waals surface area (Å²) in [4.78, 5) is 3.98. The third-order valence-electron chi connectivity index (χ3n) is 2.61. The van der Waals surface area contributed by atoms with E-state index in [9.17, 15) is 0 Å². The number of rotatable bonds is 4. The minimum Gasteiger partial charge on any atom is -0.486 e. The highest BCUT2D eigenvalue weighted by Crippen LogP contribution is 2.35. The van der Waals surface area contributed by atoms with Gasteiger partial charge < -0.3 is 9.84 Å². The van der Waals surface area contributed by atoms with E-state index >= 15 is 0 Å². The van der Waals surface area contributed by atoms with Crippen molar-refractivity contribution in [3.8, 4) is 11.8 Å². The molecule has 0 bridgehead atoms. The van der Waals surface area contributed by atoms with Crippen molar-refractivity contribution in [2.75, 3.05) is 0 Å². The molecule has 0 saturated carbocycles. The Balaban J connectivity index is 2.22. The lowest BCUT2D eigenvalue weighted by atomic mass is 10.2. The number of aromatic nitrogens is 1. The quantitative estimate of drug-likeness (QED) is 0.856. The van der Waals surface area contributed by atoms with Crippen molar-refractivity contribution >= 4 is 31.9 Å². The average molecular weight is 398 g/mol. The highest BCUT2D eigenvalue weighted by Gasteiger charge is 2.10. The second-order valence-corrected chi connectivity index (χ2v) is 5.67. The number of aliphatic hydroxyl groups is 1. The maximum atomic E-state index is 9.13. The largest absolute Gasteiger partial charge is 0.486 e. The molecule has 1 N–H and O–H groups in total. The Hall–Kier alpha value is -1.42. The van der Waals surface area contributed by atoms with E-state index in [2.05, 4.69) is 36.8 Å². The van der Waals surface area contributed by atoms with Gasteiger partial charge in [-0.3, -0.25) is 0 Å². The van der Waals surface area contributed by atoms with Gasteiger partial charge in [0.1, 0.15) is 24.1 Å². The summed E-state index contributed by atoms with van der Waals surface area (Å²) in [5.74, 6) is 0.620. The molecule has 2 aromatic rings. The van der Waals surface area contributed by atoms with Crippen molar-refractivity contribution in [3.05, 3.63) is 56.2 Å². The van der Waals surface area contributed by atoms with Crippen LogP contribution >= 0.6 is 31.9 Å². The van der Waals surface area contributed by atoms with Crippen molar-refractivity contribution in [1.82, 2.24) is 4.98 Å². The normalized spacial score (nSPS) is 10.1. The second-order valence-electron chi connectivity index (χ2n) is 3.96. The van der Waals surface area contributed by atoms with Gasteiger partial charge in [-0.05, 0) is 55.6 Å². The molecule has 0 aliphatic rings. The van der Waals surface area contributed by atoms with E-state index in [1.165, 1.54) is 0 Å². The van der Waals surface area contributed by atoms with Gasteiger partial charge in [-0.25, -0.2) is 4.98 Å². The molecule has 1 heterocycles. The van der Waals surface area contributed by atoms with E-state index in [4.69, 9.17) is 15.1 Å². The highest BCUT2D eigenvalue weighted by molar-refractivity contribution is 9.11. The maximum Gasteiger partial charge on any atom is 0.148 e. The molecule has 0 aliphatic heterocycles. The Morgan fingerprint density at radius 2 is 2.00 bits per heavy atom. The Morgan fingerprint density at radius 1 is 1.30 bits per heavy atom. The van der Waals surface area contributed by atoms with Gasteiger partial charge in [0.25, 0.3) is 0 Å². The number of nitriles is 1. The highest BCUT2D eigenvalue weighted by atomic mass is 79.9. The van der Waals surface area contributed by atoms with Gasteiger partial charge in [-0.2, -0.15) is 5.26 Å². The van der Waals surface area contributed by atoms with Crippen LogP contribution in [-0.4, -0.2) is 10.1 Å². The first kappa shape index (κ1) is 15.0. The summed E-state index contributed by atoms with van der Waals surface area (Å²) in [6.45, 7) is 0.199. The van der Waals surface area contributed by atoms with Gasteiger partial charge in [-0.1, -0.05) is 6.07 Å². The third kappa shape index (κ3) is 3.37. The number of nitrogens with zero attached hydrogens (tertiary/aromatic N) is 2. The van der Waals surface area contributed by atoms with E-state index in [-0.39, 0.29) is 13.2 Å². The molecule has 0 atom stereocenters. The molecule has 0 amide bonds. The van der Waals surface area contributed by atoms with Crippen LogP contribution in [0.15, 0.2) is 39.4 Å². The number of ether oxygens (including phenoxy) is 1. The minimum atomic E-state index is -0.0430. The number of hydrogen-bond acceptors (Lipinski definition) is 4. The summed E-state index contributed by atoms with van der Waals surface area (Å²) < 4.78 is 7.20. The van der Waals surface area contributed by atoms with Crippen LogP contribution in [0.25, 0.3) is 0 Å². The van der Waals surface area contributed by atoms with Crippen LogP contribution in [-0.2, 0) is 13.2 Å².